The molecule has 1 heterocycles. The van der Waals surface area contributed by atoms with Crippen LogP contribution in [0, 0.1) is 0 Å². The average molecular weight is 246 g/mol. The number of rotatable bonds is 6. The summed E-state index contributed by atoms with van der Waals surface area (Å²) in [5, 5.41) is -0.0806. The highest BCUT2D eigenvalue weighted by Gasteiger charge is 2.10. The molecule has 0 N–H and O–H groups in total. The first-order chi connectivity index (χ1) is 7.67. The maximum Gasteiger partial charge on any atom is 0.233 e. The number of ether oxygens (including phenoxy) is 2. The van der Waals surface area contributed by atoms with Crippen molar-refractivity contribution in [2.24, 2.45) is 0 Å². The molecule has 0 aliphatic rings. The van der Waals surface area contributed by atoms with E-state index in [1.807, 2.05) is 11.9 Å². The number of hydrogen-bond donors (Lipinski definition) is 0. The van der Waals surface area contributed by atoms with E-state index in [1.54, 1.807) is 26.6 Å². The van der Waals surface area contributed by atoms with E-state index in [0.29, 0.717) is 19.0 Å². The largest absolute Gasteiger partial charge is 0.480 e. The van der Waals surface area contributed by atoms with Crippen LogP contribution in [0.1, 0.15) is 0 Å². The minimum Gasteiger partial charge on any atom is -0.480 e. The molecule has 0 fully saturated rings. The molecule has 0 saturated heterocycles. The van der Waals surface area contributed by atoms with Gasteiger partial charge in [-0.15, -0.1) is 11.6 Å². The molecule has 1 rings (SSSR count). The molecule has 6 heteroatoms. The van der Waals surface area contributed by atoms with Crippen molar-refractivity contribution in [2.75, 3.05) is 39.3 Å². The van der Waals surface area contributed by atoms with Crippen molar-refractivity contribution in [3.63, 3.8) is 0 Å². The van der Waals surface area contributed by atoms with E-state index in [1.165, 1.54) is 0 Å². The van der Waals surface area contributed by atoms with E-state index in [4.69, 9.17) is 21.1 Å². The highest BCUT2D eigenvalue weighted by atomic mass is 35.5. The third-order valence-electron chi connectivity index (χ3n) is 2.02. The minimum atomic E-state index is -0.0806. The Labute approximate surface area is 100 Å². The Morgan fingerprint density at radius 1 is 1.44 bits per heavy atom. The fourth-order valence-electron chi connectivity index (χ4n) is 1.24. The summed E-state index contributed by atoms with van der Waals surface area (Å²) in [5.41, 5.74) is 0. The molecule has 0 amide bonds. The molecule has 0 radical (unpaired) electrons. The molecule has 5 nitrogen and oxygen atoms in total. The van der Waals surface area contributed by atoms with E-state index in [-0.39, 0.29) is 5.38 Å². The van der Waals surface area contributed by atoms with Crippen LogP contribution in [0.15, 0.2) is 12.4 Å². The molecule has 0 saturated carbocycles. The van der Waals surface area contributed by atoms with Crippen LogP contribution in [-0.4, -0.2) is 49.8 Å². The van der Waals surface area contributed by atoms with Crippen molar-refractivity contribution in [3.8, 4) is 5.88 Å². The van der Waals surface area contributed by atoms with Crippen molar-refractivity contribution in [1.82, 2.24) is 9.97 Å². The van der Waals surface area contributed by atoms with Gasteiger partial charge in [0.25, 0.3) is 0 Å². The van der Waals surface area contributed by atoms with Gasteiger partial charge in [0.1, 0.15) is 0 Å². The first kappa shape index (κ1) is 13.0. The summed E-state index contributed by atoms with van der Waals surface area (Å²) in [6, 6.07) is 0. The van der Waals surface area contributed by atoms with Crippen LogP contribution in [0.3, 0.4) is 0 Å². The van der Waals surface area contributed by atoms with Crippen LogP contribution in [0.25, 0.3) is 0 Å². The predicted molar refractivity (Wildman–Crippen MR) is 63.4 cm³/mol. The Hall–Kier alpha value is -1.07. The Balaban J connectivity index is 2.61. The molecule has 1 atom stereocenters. The quantitative estimate of drug-likeness (QED) is 0.705. The van der Waals surface area contributed by atoms with Crippen molar-refractivity contribution in [3.05, 3.63) is 12.4 Å². The zero-order valence-electron chi connectivity index (χ0n) is 9.68. The summed E-state index contributed by atoms with van der Waals surface area (Å²) >= 11 is 6.05. The Morgan fingerprint density at radius 3 is 2.81 bits per heavy atom. The summed E-state index contributed by atoms with van der Waals surface area (Å²) in [5.74, 6) is 1.21. The lowest BCUT2D eigenvalue weighted by Gasteiger charge is -2.20. The molecule has 0 aromatic carbocycles. The highest BCUT2D eigenvalue weighted by Crippen LogP contribution is 2.13. The molecular formula is C10H16ClN3O2. The molecule has 1 unspecified atom stereocenters. The number of methoxy groups -OCH3 is 2. The van der Waals surface area contributed by atoms with E-state index in [0.717, 1.165) is 5.82 Å². The van der Waals surface area contributed by atoms with Crippen molar-refractivity contribution >= 4 is 17.4 Å². The van der Waals surface area contributed by atoms with Crippen LogP contribution < -0.4 is 9.64 Å². The molecule has 0 aliphatic carbocycles. The number of halogens is 1. The fourth-order valence-corrected chi connectivity index (χ4v) is 1.58. The summed E-state index contributed by atoms with van der Waals surface area (Å²) in [4.78, 5) is 10.2. The maximum atomic E-state index is 6.05. The second-order valence-electron chi connectivity index (χ2n) is 3.35. The summed E-state index contributed by atoms with van der Waals surface area (Å²) in [6.07, 6.45) is 3.23. The van der Waals surface area contributed by atoms with Gasteiger partial charge in [0.2, 0.25) is 5.88 Å². The minimum absolute atomic E-state index is 0.0806. The summed E-state index contributed by atoms with van der Waals surface area (Å²) in [6.45, 7) is 1.14. The van der Waals surface area contributed by atoms with E-state index in [9.17, 15) is 0 Å². The third kappa shape index (κ3) is 3.83. The number of hydrogen-bond acceptors (Lipinski definition) is 5. The third-order valence-corrected chi connectivity index (χ3v) is 2.28. The second-order valence-corrected chi connectivity index (χ2v) is 3.97. The van der Waals surface area contributed by atoms with Crippen LogP contribution in [0.5, 0.6) is 5.88 Å². The smallest absolute Gasteiger partial charge is 0.233 e. The van der Waals surface area contributed by atoms with Crippen molar-refractivity contribution < 1.29 is 9.47 Å². The van der Waals surface area contributed by atoms with E-state index < -0.39 is 0 Å². The SMILES string of the molecule is COCC(Cl)CN(C)c1cncc(OC)n1. The van der Waals surface area contributed by atoms with Gasteiger partial charge >= 0.3 is 0 Å². The Bertz CT molecular complexity index is 325. The maximum absolute atomic E-state index is 6.05. The number of alkyl halides is 1. The fraction of sp³-hybridized carbons (Fsp3) is 0.600. The first-order valence-electron chi connectivity index (χ1n) is 4.87. The lowest BCUT2D eigenvalue weighted by molar-refractivity contribution is 0.199. The van der Waals surface area contributed by atoms with Gasteiger partial charge in [-0.25, -0.2) is 0 Å². The van der Waals surface area contributed by atoms with Gasteiger partial charge < -0.3 is 14.4 Å². The summed E-state index contributed by atoms with van der Waals surface area (Å²) < 4.78 is 9.97. The molecule has 16 heavy (non-hydrogen) atoms. The molecular weight excluding hydrogens is 230 g/mol. The molecule has 1 aromatic heterocycles. The zero-order valence-corrected chi connectivity index (χ0v) is 10.4. The van der Waals surface area contributed by atoms with Gasteiger partial charge in [-0.1, -0.05) is 0 Å². The summed E-state index contributed by atoms with van der Waals surface area (Å²) in [7, 11) is 5.08. The Morgan fingerprint density at radius 2 is 2.19 bits per heavy atom. The molecule has 1 aromatic rings. The van der Waals surface area contributed by atoms with Gasteiger partial charge in [-0.05, 0) is 0 Å². The van der Waals surface area contributed by atoms with Crippen LogP contribution in [0.2, 0.25) is 0 Å². The van der Waals surface area contributed by atoms with Crippen molar-refractivity contribution in [1.29, 1.82) is 0 Å². The van der Waals surface area contributed by atoms with Crippen LogP contribution >= 0.6 is 11.6 Å². The molecule has 0 bridgehead atoms. The van der Waals surface area contributed by atoms with E-state index in [2.05, 4.69) is 9.97 Å². The lowest BCUT2D eigenvalue weighted by Crippen LogP contribution is -2.29. The van der Waals surface area contributed by atoms with Crippen molar-refractivity contribution in [2.45, 2.75) is 5.38 Å². The topological polar surface area (TPSA) is 47.5 Å². The monoisotopic (exact) mass is 245 g/mol. The molecule has 0 spiro atoms. The van der Waals surface area contributed by atoms with Gasteiger partial charge in [-0.2, -0.15) is 4.98 Å². The molecule has 90 valence electrons. The lowest BCUT2D eigenvalue weighted by atomic mass is 10.4. The first-order valence-corrected chi connectivity index (χ1v) is 5.31. The number of anilines is 1. The van der Waals surface area contributed by atoms with Crippen LogP contribution in [-0.2, 0) is 4.74 Å². The van der Waals surface area contributed by atoms with Gasteiger partial charge in [0.15, 0.2) is 5.82 Å². The standard InChI is InChI=1S/C10H16ClN3O2/c1-14(6-8(11)7-15-2)9-4-12-5-10(13-9)16-3/h4-5,8H,6-7H2,1-3H3. The van der Waals surface area contributed by atoms with Gasteiger partial charge in [-0.3, -0.25) is 4.98 Å². The molecule has 0 aliphatic heterocycles. The second kappa shape index (κ2) is 6.50. The van der Waals surface area contributed by atoms with Gasteiger partial charge in [0.05, 0.1) is 31.5 Å². The number of aromatic nitrogens is 2. The Kier molecular flexibility index (Phi) is 5.28. The predicted octanol–water partition coefficient (Wildman–Crippen LogP) is 1.18. The van der Waals surface area contributed by atoms with E-state index >= 15 is 0 Å². The van der Waals surface area contributed by atoms with Crippen LogP contribution in [0.4, 0.5) is 5.82 Å². The normalized spacial score (nSPS) is 12.2. The highest BCUT2D eigenvalue weighted by molar-refractivity contribution is 6.21. The number of nitrogens with zero attached hydrogens (tertiary/aromatic N) is 3. The van der Waals surface area contributed by atoms with Gasteiger partial charge in [0, 0.05) is 20.7 Å². The average Bonchev–Trinajstić information content (AvgIpc) is 2.29. The zero-order chi connectivity index (χ0) is 12.0.